The Morgan fingerprint density at radius 2 is 1.13 bits per heavy atom. The third-order valence-corrected chi connectivity index (χ3v) is 6.02. The zero-order chi connectivity index (χ0) is 22.6. The molecule has 156 valence electrons. The molecule has 0 spiro atoms. The summed E-state index contributed by atoms with van der Waals surface area (Å²) in [5.74, 6) is 3.13. The first kappa shape index (κ1) is 21.0. The van der Waals surface area contributed by atoms with E-state index in [4.69, 9.17) is 6.42 Å². The van der Waals surface area contributed by atoms with E-state index < -0.39 is 0 Å². The average Bonchev–Trinajstić information content (AvgIpc) is 2.69. The van der Waals surface area contributed by atoms with Crippen LogP contribution in [-0.2, 0) is 10.8 Å². The monoisotopic (exact) mass is 406 g/mol. The zero-order valence-electron chi connectivity index (χ0n) is 19.3. The fourth-order valence-corrected chi connectivity index (χ4v) is 4.21. The Morgan fingerprint density at radius 3 is 1.65 bits per heavy atom. The summed E-state index contributed by atoms with van der Waals surface area (Å²) >= 11 is 0. The molecular formula is C30H30O. The van der Waals surface area contributed by atoms with Crippen molar-refractivity contribution < 1.29 is 5.11 Å². The van der Waals surface area contributed by atoms with Crippen LogP contribution in [0.25, 0.3) is 32.7 Å². The van der Waals surface area contributed by atoms with Crippen molar-refractivity contribution in [3.8, 4) is 29.2 Å². The van der Waals surface area contributed by atoms with Crippen molar-refractivity contribution in [1.29, 1.82) is 0 Å². The number of terminal acetylenes is 1. The molecule has 4 rings (SSSR count). The number of aromatic hydroxyl groups is 1. The van der Waals surface area contributed by atoms with Crippen LogP contribution in [0.4, 0.5) is 0 Å². The minimum atomic E-state index is -0.151. The molecule has 4 aromatic rings. The van der Waals surface area contributed by atoms with Gasteiger partial charge in [-0.25, -0.2) is 0 Å². The van der Waals surface area contributed by atoms with E-state index in [0.29, 0.717) is 5.75 Å². The van der Waals surface area contributed by atoms with Crippen molar-refractivity contribution in [1.82, 2.24) is 0 Å². The first-order chi connectivity index (χ1) is 14.5. The molecule has 1 heteroatoms. The van der Waals surface area contributed by atoms with Gasteiger partial charge in [0, 0.05) is 16.7 Å². The number of benzene rings is 4. The lowest BCUT2D eigenvalue weighted by Gasteiger charge is -2.28. The molecule has 0 radical (unpaired) electrons. The van der Waals surface area contributed by atoms with Crippen LogP contribution in [0.2, 0.25) is 0 Å². The lowest BCUT2D eigenvalue weighted by atomic mass is 9.77. The van der Waals surface area contributed by atoms with Gasteiger partial charge in [-0.3, -0.25) is 0 Å². The highest BCUT2D eigenvalue weighted by Crippen LogP contribution is 2.42. The molecule has 4 aromatic carbocycles. The molecule has 0 amide bonds. The summed E-state index contributed by atoms with van der Waals surface area (Å²) in [7, 11) is 0. The maximum absolute atomic E-state index is 11.1. The molecule has 0 aromatic heterocycles. The van der Waals surface area contributed by atoms with Crippen molar-refractivity contribution in [2.75, 3.05) is 0 Å². The van der Waals surface area contributed by atoms with Gasteiger partial charge < -0.3 is 5.11 Å². The molecule has 0 aliphatic rings. The van der Waals surface area contributed by atoms with Gasteiger partial charge in [0.25, 0.3) is 0 Å². The highest BCUT2D eigenvalue weighted by atomic mass is 16.3. The molecular weight excluding hydrogens is 376 g/mol. The zero-order valence-corrected chi connectivity index (χ0v) is 19.3. The molecule has 0 bridgehead atoms. The lowest BCUT2D eigenvalue weighted by molar-refractivity contribution is 0.423. The number of fused-ring (bicyclic) bond motifs is 2. The van der Waals surface area contributed by atoms with Gasteiger partial charge in [0.1, 0.15) is 5.75 Å². The Kier molecular flexibility index (Phi) is 4.86. The summed E-state index contributed by atoms with van der Waals surface area (Å²) in [4.78, 5) is 0. The van der Waals surface area contributed by atoms with Gasteiger partial charge in [-0.15, -0.1) is 6.42 Å². The molecule has 0 unspecified atom stereocenters. The smallest absolute Gasteiger partial charge is 0.123 e. The molecule has 1 nitrogen and oxygen atoms in total. The average molecular weight is 407 g/mol. The third-order valence-electron chi connectivity index (χ3n) is 6.02. The predicted octanol–water partition coefficient (Wildman–Crippen LogP) is 7.94. The first-order valence-corrected chi connectivity index (χ1v) is 10.8. The van der Waals surface area contributed by atoms with Crippen LogP contribution in [-0.4, -0.2) is 5.11 Å². The van der Waals surface area contributed by atoms with Crippen LogP contribution in [0.3, 0.4) is 0 Å². The quantitative estimate of drug-likeness (QED) is 0.251. The van der Waals surface area contributed by atoms with E-state index >= 15 is 0 Å². The minimum absolute atomic E-state index is 0.151. The molecule has 0 atom stereocenters. The van der Waals surface area contributed by atoms with Crippen LogP contribution in [0.15, 0.2) is 60.7 Å². The standard InChI is InChI=1S/C30H30O/c1-8-19-9-10-20-15-24-16-22(12-11-21(24)14-23(20)13-19)25-17-26(29(2,3)4)28(31)27(18-25)30(5,6)7/h1,9-18,31H,2-7H3. The minimum Gasteiger partial charge on any atom is -0.507 e. The third kappa shape index (κ3) is 3.91. The lowest BCUT2D eigenvalue weighted by Crippen LogP contribution is -2.17. The van der Waals surface area contributed by atoms with Gasteiger partial charge in [0.15, 0.2) is 0 Å². The van der Waals surface area contributed by atoms with E-state index in [9.17, 15) is 5.11 Å². The Hall–Kier alpha value is -3.24. The second-order valence-electron chi connectivity index (χ2n) is 10.5. The van der Waals surface area contributed by atoms with Gasteiger partial charge in [-0.1, -0.05) is 65.7 Å². The largest absolute Gasteiger partial charge is 0.507 e. The van der Waals surface area contributed by atoms with Crippen LogP contribution in [0.5, 0.6) is 5.75 Å². The highest BCUT2D eigenvalue weighted by Gasteiger charge is 2.26. The normalized spacial score (nSPS) is 12.3. The Labute approximate surface area is 185 Å². The molecule has 31 heavy (non-hydrogen) atoms. The van der Waals surface area contributed by atoms with Gasteiger partial charge in [-0.2, -0.15) is 0 Å². The number of hydrogen-bond donors (Lipinski definition) is 1. The fourth-order valence-electron chi connectivity index (χ4n) is 4.21. The van der Waals surface area contributed by atoms with E-state index in [1.165, 1.54) is 16.2 Å². The molecule has 0 saturated heterocycles. The SMILES string of the molecule is C#Cc1ccc2cc3cc(-c4cc(C(C)(C)C)c(O)c(C(C)(C)C)c4)ccc3cc2c1. The Morgan fingerprint density at radius 1 is 0.613 bits per heavy atom. The summed E-state index contributed by atoms with van der Waals surface area (Å²) in [5.41, 5.74) is 4.85. The van der Waals surface area contributed by atoms with Gasteiger partial charge in [0.2, 0.25) is 0 Å². The van der Waals surface area contributed by atoms with Crippen LogP contribution < -0.4 is 0 Å². The summed E-state index contributed by atoms with van der Waals surface area (Å²) in [6.07, 6.45) is 5.57. The van der Waals surface area contributed by atoms with Gasteiger partial charge in [-0.05, 0) is 86.0 Å². The van der Waals surface area contributed by atoms with E-state index in [1.54, 1.807) is 0 Å². The summed E-state index contributed by atoms with van der Waals surface area (Å²) < 4.78 is 0. The van der Waals surface area contributed by atoms with E-state index in [1.807, 2.05) is 6.07 Å². The Bertz CT molecular complexity index is 1320. The number of rotatable bonds is 1. The van der Waals surface area contributed by atoms with Crippen LogP contribution in [0.1, 0.15) is 58.2 Å². The number of phenolic OH excluding ortho intramolecular Hbond substituents is 1. The summed E-state index contributed by atoms with van der Waals surface area (Å²) in [5, 5.41) is 15.8. The van der Waals surface area contributed by atoms with Crippen LogP contribution in [0, 0.1) is 12.3 Å². The molecule has 0 aliphatic carbocycles. The molecule has 0 fully saturated rings. The topological polar surface area (TPSA) is 20.2 Å². The van der Waals surface area contributed by atoms with Crippen molar-refractivity contribution in [2.24, 2.45) is 0 Å². The Balaban J connectivity index is 1.93. The van der Waals surface area contributed by atoms with E-state index in [0.717, 1.165) is 33.2 Å². The molecule has 0 saturated carbocycles. The van der Waals surface area contributed by atoms with E-state index in [2.05, 4.69) is 102 Å². The van der Waals surface area contributed by atoms with Crippen molar-refractivity contribution >= 4 is 21.5 Å². The fraction of sp³-hybridized carbons (Fsp3) is 0.267. The molecule has 0 aliphatic heterocycles. The highest BCUT2D eigenvalue weighted by molar-refractivity contribution is 6.00. The molecule has 0 heterocycles. The maximum atomic E-state index is 11.1. The van der Waals surface area contributed by atoms with Crippen molar-refractivity contribution in [2.45, 2.75) is 52.4 Å². The first-order valence-electron chi connectivity index (χ1n) is 10.8. The summed E-state index contributed by atoms with van der Waals surface area (Å²) in [6, 6.07) is 21.5. The predicted molar refractivity (Wildman–Crippen MR) is 134 cm³/mol. The van der Waals surface area contributed by atoms with Crippen LogP contribution >= 0.6 is 0 Å². The van der Waals surface area contributed by atoms with Gasteiger partial charge in [0.05, 0.1) is 0 Å². The van der Waals surface area contributed by atoms with Crippen molar-refractivity contribution in [3.63, 3.8) is 0 Å². The molecule has 1 N–H and O–H groups in total. The maximum Gasteiger partial charge on any atom is 0.123 e. The number of phenols is 1. The second kappa shape index (κ2) is 7.17. The van der Waals surface area contributed by atoms with Crippen molar-refractivity contribution in [3.05, 3.63) is 77.4 Å². The second-order valence-corrected chi connectivity index (χ2v) is 10.5. The van der Waals surface area contributed by atoms with Gasteiger partial charge >= 0.3 is 0 Å². The summed E-state index contributed by atoms with van der Waals surface area (Å²) in [6.45, 7) is 12.9. The van der Waals surface area contributed by atoms with E-state index in [-0.39, 0.29) is 10.8 Å². The number of hydrogen-bond acceptors (Lipinski definition) is 1.